The van der Waals surface area contributed by atoms with Crippen molar-refractivity contribution in [1.29, 1.82) is 0 Å². The van der Waals surface area contributed by atoms with Crippen molar-refractivity contribution in [1.82, 2.24) is 0 Å². The van der Waals surface area contributed by atoms with Crippen molar-refractivity contribution in [3.8, 4) is 0 Å². The van der Waals surface area contributed by atoms with Crippen LogP contribution in [0.1, 0.15) is 40.0 Å². The minimum Gasteiger partial charge on any atom is -0.411 e. The van der Waals surface area contributed by atoms with Gasteiger partial charge in [-0.05, 0) is 25.2 Å². The van der Waals surface area contributed by atoms with Crippen molar-refractivity contribution in [2.24, 2.45) is 11.1 Å². The van der Waals surface area contributed by atoms with Crippen LogP contribution in [0.4, 0.5) is 0 Å². The molecule has 0 aliphatic rings. The van der Waals surface area contributed by atoms with Crippen molar-refractivity contribution in [2.45, 2.75) is 40.0 Å². The van der Waals surface area contributed by atoms with Gasteiger partial charge >= 0.3 is 0 Å². The molecule has 2 heteroatoms. The van der Waals surface area contributed by atoms with E-state index in [9.17, 15) is 0 Å². The van der Waals surface area contributed by atoms with Gasteiger partial charge in [-0.15, -0.1) is 0 Å². The van der Waals surface area contributed by atoms with Crippen LogP contribution in [-0.2, 0) is 0 Å². The lowest BCUT2D eigenvalue weighted by atomic mass is 10.0. The zero-order valence-electron chi connectivity index (χ0n) is 7.09. The first-order valence-corrected chi connectivity index (χ1v) is 3.90. The number of oxime groups is 1. The summed E-state index contributed by atoms with van der Waals surface area (Å²) in [4.78, 5) is 0. The second-order valence-corrected chi connectivity index (χ2v) is 2.95. The summed E-state index contributed by atoms with van der Waals surface area (Å²) >= 11 is 0. The average molecular weight is 143 g/mol. The Labute approximate surface area is 62.9 Å². The van der Waals surface area contributed by atoms with Crippen molar-refractivity contribution >= 4 is 5.71 Å². The first kappa shape index (κ1) is 9.47. The fourth-order valence-electron chi connectivity index (χ4n) is 0.753. The van der Waals surface area contributed by atoms with E-state index in [1.54, 1.807) is 0 Å². The van der Waals surface area contributed by atoms with Crippen LogP contribution in [0.5, 0.6) is 0 Å². The molecule has 0 saturated heterocycles. The van der Waals surface area contributed by atoms with Crippen LogP contribution in [0.15, 0.2) is 5.16 Å². The molecular weight excluding hydrogens is 126 g/mol. The van der Waals surface area contributed by atoms with Crippen LogP contribution in [0.2, 0.25) is 0 Å². The summed E-state index contributed by atoms with van der Waals surface area (Å²) in [5, 5.41) is 11.6. The molecule has 0 aliphatic heterocycles. The van der Waals surface area contributed by atoms with Gasteiger partial charge in [0.05, 0.1) is 5.71 Å². The van der Waals surface area contributed by atoms with E-state index < -0.39 is 0 Å². The van der Waals surface area contributed by atoms with Crippen LogP contribution >= 0.6 is 0 Å². The molecule has 60 valence electrons. The summed E-state index contributed by atoms with van der Waals surface area (Å²) in [6, 6.07) is 0. The van der Waals surface area contributed by atoms with E-state index in [4.69, 9.17) is 5.21 Å². The predicted molar refractivity (Wildman–Crippen MR) is 43.6 cm³/mol. The van der Waals surface area contributed by atoms with Gasteiger partial charge in [-0.3, -0.25) is 0 Å². The molecule has 2 nitrogen and oxygen atoms in total. The Hall–Kier alpha value is -0.530. The van der Waals surface area contributed by atoms with E-state index in [-0.39, 0.29) is 0 Å². The lowest BCUT2D eigenvalue weighted by Gasteiger charge is -2.03. The van der Waals surface area contributed by atoms with E-state index in [0.29, 0.717) is 5.92 Å². The third kappa shape index (κ3) is 4.36. The van der Waals surface area contributed by atoms with Gasteiger partial charge in [-0.25, -0.2) is 0 Å². The Kier molecular flexibility index (Phi) is 4.99. The summed E-state index contributed by atoms with van der Waals surface area (Å²) in [5.41, 5.74) is 0.911. The van der Waals surface area contributed by atoms with Crippen molar-refractivity contribution < 1.29 is 5.21 Å². The van der Waals surface area contributed by atoms with Gasteiger partial charge < -0.3 is 5.21 Å². The number of nitrogens with zero attached hydrogens (tertiary/aromatic N) is 1. The molecule has 0 saturated carbocycles. The highest BCUT2D eigenvalue weighted by Gasteiger charge is 1.98. The van der Waals surface area contributed by atoms with Crippen molar-refractivity contribution in [2.75, 3.05) is 0 Å². The smallest absolute Gasteiger partial charge is 0.0568 e. The second kappa shape index (κ2) is 5.27. The van der Waals surface area contributed by atoms with Crippen LogP contribution in [0, 0.1) is 5.92 Å². The quantitative estimate of drug-likeness (QED) is 0.366. The summed E-state index contributed by atoms with van der Waals surface area (Å²) in [6.07, 6.45) is 2.92. The lowest BCUT2D eigenvalue weighted by Crippen LogP contribution is -1.98. The molecule has 0 rings (SSSR count). The summed E-state index contributed by atoms with van der Waals surface area (Å²) in [5.74, 6) is 0.697. The zero-order valence-corrected chi connectivity index (χ0v) is 7.09. The number of hydrogen-bond donors (Lipinski definition) is 1. The third-order valence-corrected chi connectivity index (χ3v) is 1.56. The molecular formula is C8H17NO. The fourth-order valence-corrected chi connectivity index (χ4v) is 0.753. The van der Waals surface area contributed by atoms with E-state index in [2.05, 4.69) is 19.0 Å². The molecule has 0 atom stereocenters. The largest absolute Gasteiger partial charge is 0.411 e. The zero-order chi connectivity index (χ0) is 7.98. The topological polar surface area (TPSA) is 32.6 Å². The van der Waals surface area contributed by atoms with E-state index >= 15 is 0 Å². The highest BCUT2D eigenvalue weighted by molar-refractivity contribution is 5.83. The molecule has 0 amide bonds. The summed E-state index contributed by atoms with van der Waals surface area (Å²) in [6.45, 7) is 6.35. The molecule has 0 aromatic heterocycles. The highest BCUT2D eigenvalue weighted by atomic mass is 16.4. The van der Waals surface area contributed by atoms with E-state index in [1.807, 2.05) is 6.92 Å². The standard InChI is InChI=1S/C8H17NO/c1-4-8(9-10)6-5-7(2)3/h7,10H,4-6H2,1-3H3. The Balaban J connectivity index is 3.46. The van der Waals surface area contributed by atoms with Gasteiger partial charge in [0.1, 0.15) is 0 Å². The Morgan fingerprint density at radius 2 is 2.10 bits per heavy atom. The molecule has 0 spiro atoms. The predicted octanol–water partition coefficient (Wildman–Crippen LogP) is 2.66. The highest BCUT2D eigenvalue weighted by Crippen LogP contribution is 2.05. The minimum atomic E-state index is 0.697. The molecule has 0 radical (unpaired) electrons. The Morgan fingerprint density at radius 3 is 2.40 bits per heavy atom. The van der Waals surface area contributed by atoms with Crippen LogP contribution in [0.25, 0.3) is 0 Å². The molecule has 0 fully saturated rings. The first-order chi connectivity index (χ1) is 4.70. The molecule has 0 aromatic rings. The summed E-state index contributed by atoms with van der Waals surface area (Å²) in [7, 11) is 0. The normalized spacial score (nSPS) is 12.6. The molecule has 0 aliphatic carbocycles. The van der Waals surface area contributed by atoms with Crippen molar-refractivity contribution in [3.05, 3.63) is 0 Å². The molecule has 0 bridgehead atoms. The van der Waals surface area contributed by atoms with Gasteiger partial charge in [-0.1, -0.05) is 25.9 Å². The van der Waals surface area contributed by atoms with Crippen LogP contribution in [0.3, 0.4) is 0 Å². The van der Waals surface area contributed by atoms with Gasteiger partial charge in [0.2, 0.25) is 0 Å². The van der Waals surface area contributed by atoms with Gasteiger partial charge in [-0.2, -0.15) is 0 Å². The monoisotopic (exact) mass is 143 g/mol. The van der Waals surface area contributed by atoms with Gasteiger partial charge in [0.25, 0.3) is 0 Å². The molecule has 1 N–H and O–H groups in total. The SMILES string of the molecule is CCC(CCC(C)C)=NO. The van der Waals surface area contributed by atoms with Gasteiger partial charge in [0, 0.05) is 0 Å². The second-order valence-electron chi connectivity index (χ2n) is 2.95. The minimum absolute atomic E-state index is 0.697. The molecule has 0 unspecified atom stereocenters. The Bertz CT molecular complexity index is 108. The first-order valence-electron chi connectivity index (χ1n) is 3.90. The maximum Gasteiger partial charge on any atom is 0.0568 e. The molecule has 10 heavy (non-hydrogen) atoms. The lowest BCUT2D eigenvalue weighted by molar-refractivity contribution is 0.315. The van der Waals surface area contributed by atoms with E-state index in [0.717, 1.165) is 25.0 Å². The molecule has 0 aromatic carbocycles. The van der Waals surface area contributed by atoms with Crippen LogP contribution in [-0.4, -0.2) is 10.9 Å². The number of rotatable bonds is 4. The van der Waals surface area contributed by atoms with Gasteiger partial charge in [0.15, 0.2) is 0 Å². The van der Waals surface area contributed by atoms with E-state index in [1.165, 1.54) is 0 Å². The number of hydrogen-bond acceptors (Lipinski definition) is 2. The summed E-state index contributed by atoms with van der Waals surface area (Å²) < 4.78 is 0. The average Bonchev–Trinajstić information content (AvgIpc) is 1.90. The maximum atomic E-state index is 8.43. The molecule has 0 heterocycles. The maximum absolute atomic E-state index is 8.43. The fraction of sp³-hybridized carbons (Fsp3) is 0.875. The Morgan fingerprint density at radius 1 is 1.50 bits per heavy atom. The van der Waals surface area contributed by atoms with Crippen LogP contribution < -0.4 is 0 Å². The van der Waals surface area contributed by atoms with Crippen molar-refractivity contribution in [3.63, 3.8) is 0 Å². The third-order valence-electron chi connectivity index (χ3n) is 1.56.